The van der Waals surface area contributed by atoms with Gasteiger partial charge in [-0.25, -0.2) is 0 Å². The van der Waals surface area contributed by atoms with Crippen LogP contribution in [0.15, 0.2) is 30.6 Å². The monoisotopic (exact) mass is 244 g/mol. The standard InChI is InChI=1S/C13H16N4O/c14-17-13(10-3-6-18-8-10)9-1-2-11-12(7-9)16-5-4-15-11/h1-2,4-5,7,10,13,17H,3,6,8,14H2. The number of nitrogens with two attached hydrogens (primary N) is 1. The van der Waals surface area contributed by atoms with Crippen molar-refractivity contribution in [2.24, 2.45) is 11.8 Å². The molecule has 1 aliphatic heterocycles. The van der Waals surface area contributed by atoms with Crippen LogP contribution in [0, 0.1) is 5.92 Å². The zero-order valence-electron chi connectivity index (χ0n) is 10.0. The van der Waals surface area contributed by atoms with E-state index in [4.69, 9.17) is 10.6 Å². The van der Waals surface area contributed by atoms with Gasteiger partial charge in [-0.15, -0.1) is 0 Å². The van der Waals surface area contributed by atoms with E-state index in [2.05, 4.69) is 21.5 Å². The second kappa shape index (κ2) is 4.97. The van der Waals surface area contributed by atoms with Crippen molar-refractivity contribution in [2.45, 2.75) is 12.5 Å². The number of hydrogen-bond donors (Lipinski definition) is 2. The molecular formula is C13H16N4O. The van der Waals surface area contributed by atoms with Crippen LogP contribution in [0.5, 0.6) is 0 Å². The Morgan fingerprint density at radius 1 is 1.28 bits per heavy atom. The summed E-state index contributed by atoms with van der Waals surface area (Å²) in [5, 5.41) is 0. The Hall–Kier alpha value is -1.56. The van der Waals surface area contributed by atoms with Crippen molar-refractivity contribution in [2.75, 3.05) is 13.2 Å². The fourth-order valence-electron chi connectivity index (χ4n) is 2.49. The lowest BCUT2D eigenvalue weighted by atomic mass is 9.92. The number of benzene rings is 1. The summed E-state index contributed by atoms with van der Waals surface area (Å²) >= 11 is 0. The second-order valence-electron chi connectivity index (χ2n) is 4.57. The van der Waals surface area contributed by atoms with Crippen molar-refractivity contribution in [1.82, 2.24) is 15.4 Å². The first kappa shape index (κ1) is 11.5. The van der Waals surface area contributed by atoms with Gasteiger partial charge in [0.15, 0.2) is 0 Å². The summed E-state index contributed by atoms with van der Waals surface area (Å²) in [6.07, 6.45) is 4.44. The van der Waals surface area contributed by atoms with Gasteiger partial charge in [0.05, 0.1) is 23.7 Å². The first-order chi connectivity index (χ1) is 8.88. The molecule has 2 atom stereocenters. The molecule has 1 aliphatic rings. The van der Waals surface area contributed by atoms with Gasteiger partial charge in [-0.3, -0.25) is 21.2 Å². The number of aromatic nitrogens is 2. The summed E-state index contributed by atoms with van der Waals surface area (Å²) < 4.78 is 5.43. The first-order valence-electron chi connectivity index (χ1n) is 6.13. The molecule has 0 bridgehead atoms. The average Bonchev–Trinajstić information content (AvgIpc) is 2.93. The predicted molar refractivity (Wildman–Crippen MR) is 68.5 cm³/mol. The lowest BCUT2D eigenvalue weighted by molar-refractivity contribution is 0.177. The van der Waals surface area contributed by atoms with Crippen LogP contribution in [0.2, 0.25) is 0 Å². The van der Waals surface area contributed by atoms with Gasteiger partial charge < -0.3 is 4.74 Å². The maximum absolute atomic E-state index is 5.69. The molecule has 3 rings (SSSR count). The van der Waals surface area contributed by atoms with Crippen LogP contribution in [-0.2, 0) is 4.74 Å². The summed E-state index contributed by atoms with van der Waals surface area (Å²) in [6.45, 7) is 1.57. The first-order valence-corrected chi connectivity index (χ1v) is 6.13. The van der Waals surface area contributed by atoms with Crippen LogP contribution in [0.4, 0.5) is 0 Å². The molecule has 0 aliphatic carbocycles. The zero-order chi connectivity index (χ0) is 12.4. The molecule has 0 radical (unpaired) electrons. The highest BCUT2D eigenvalue weighted by molar-refractivity contribution is 5.74. The molecule has 2 heterocycles. The molecule has 94 valence electrons. The Balaban J connectivity index is 1.96. The molecule has 2 aromatic rings. The van der Waals surface area contributed by atoms with Crippen LogP contribution < -0.4 is 11.3 Å². The topological polar surface area (TPSA) is 73.1 Å². The molecular weight excluding hydrogens is 228 g/mol. The Kier molecular flexibility index (Phi) is 3.19. The number of hydrazine groups is 1. The molecule has 0 amide bonds. The minimum absolute atomic E-state index is 0.110. The molecule has 2 unspecified atom stereocenters. The Labute approximate surface area is 105 Å². The third kappa shape index (κ3) is 2.08. The lowest BCUT2D eigenvalue weighted by Gasteiger charge is -2.22. The fraction of sp³-hybridized carbons (Fsp3) is 0.385. The van der Waals surface area contributed by atoms with Crippen molar-refractivity contribution in [1.29, 1.82) is 0 Å². The van der Waals surface area contributed by atoms with Crippen LogP contribution in [0.3, 0.4) is 0 Å². The van der Waals surface area contributed by atoms with Crippen molar-refractivity contribution < 1.29 is 4.74 Å². The molecule has 18 heavy (non-hydrogen) atoms. The van der Waals surface area contributed by atoms with Gasteiger partial charge in [0.1, 0.15) is 0 Å². The number of hydrogen-bond acceptors (Lipinski definition) is 5. The summed E-state index contributed by atoms with van der Waals surface area (Å²) in [6, 6.07) is 6.20. The Morgan fingerprint density at radius 2 is 2.11 bits per heavy atom. The fourth-order valence-corrected chi connectivity index (χ4v) is 2.49. The van der Waals surface area contributed by atoms with E-state index in [0.29, 0.717) is 5.92 Å². The van der Waals surface area contributed by atoms with E-state index >= 15 is 0 Å². The van der Waals surface area contributed by atoms with Gasteiger partial charge in [-0.05, 0) is 24.1 Å². The molecule has 1 saturated heterocycles. The van der Waals surface area contributed by atoms with E-state index in [-0.39, 0.29) is 6.04 Å². The maximum Gasteiger partial charge on any atom is 0.0890 e. The Morgan fingerprint density at radius 3 is 2.83 bits per heavy atom. The van der Waals surface area contributed by atoms with E-state index in [0.717, 1.165) is 36.2 Å². The Bertz CT molecular complexity index is 539. The quantitative estimate of drug-likeness (QED) is 0.626. The third-order valence-electron chi connectivity index (χ3n) is 3.47. The lowest BCUT2D eigenvalue weighted by Crippen LogP contribution is -2.33. The van der Waals surface area contributed by atoms with E-state index in [9.17, 15) is 0 Å². The van der Waals surface area contributed by atoms with Crippen molar-refractivity contribution >= 4 is 11.0 Å². The van der Waals surface area contributed by atoms with Gasteiger partial charge in [-0.2, -0.15) is 0 Å². The van der Waals surface area contributed by atoms with Crippen molar-refractivity contribution in [3.8, 4) is 0 Å². The highest BCUT2D eigenvalue weighted by Crippen LogP contribution is 2.29. The molecule has 5 heteroatoms. The highest BCUT2D eigenvalue weighted by atomic mass is 16.5. The van der Waals surface area contributed by atoms with Crippen molar-refractivity contribution in [3.63, 3.8) is 0 Å². The number of fused-ring (bicyclic) bond motifs is 1. The summed E-state index contributed by atoms with van der Waals surface area (Å²) in [5.74, 6) is 6.11. The van der Waals surface area contributed by atoms with E-state index in [1.807, 2.05) is 12.1 Å². The van der Waals surface area contributed by atoms with Crippen molar-refractivity contribution in [3.05, 3.63) is 36.2 Å². The number of nitrogens with one attached hydrogen (secondary N) is 1. The summed E-state index contributed by atoms with van der Waals surface area (Å²) in [4.78, 5) is 8.59. The van der Waals surface area contributed by atoms with Gasteiger partial charge in [0.2, 0.25) is 0 Å². The third-order valence-corrected chi connectivity index (χ3v) is 3.47. The summed E-state index contributed by atoms with van der Waals surface area (Å²) in [7, 11) is 0. The second-order valence-corrected chi connectivity index (χ2v) is 4.57. The SMILES string of the molecule is NNC(c1ccc2nccnc2c1)C1CCOC1. The largest absolute Gasteiger partial charge is 0.381 e. The van der Waals surface area contributed by atoms with Gasteiger partial charge in [0.25, 0.3) is 0 Å². The molecule has 5 nitrogen and oxygen atoms in total. The van der Waals surface area contributed by atoms with Gasteiger partial charge in [-0.1, -0.05) is 6.07 Å². The van der Waals surface area contributed by atoms with E-state index < -0.39 is 0 Å². The van der Waals surface area contributed by atoms with Crippen LogP contribution >= 0.6 is 0 Å². The van der Waals surface area contributed by atoms with Crippen LogP contribution in [-0.4, -0.2) is 23.2 Å². The zero-order valence-corrected chi connectivity index (χ0v) is 10.0. The average molecular weight is 244 g/mol. The summed E-state index contributed by atoms with van der Waals surface area (Å²) in [5.41, 5.74) is 5.84. The number of ether oxygens (including phenoxy) is 1. The molecule has 1 aromatic carbocycles. The molecule has 0 spiro atoms. The van der Waals surface area contributed by atoms with Gasteiger partial charge >= 0.3 is 0 Å². The predicted octanol–water partition coefficient (Wildman–Crippen LogP) is 1.17. The molecule has 1 fully saturated rings. The minimum Gasteiger partial charge on any atom is -0.381 e. The van der Waals surface area contributed by atoms with E-state index in [1.54, 1.807) is 12.4 Å². The number of nitrogens with zero attached hydrogens (tertiary/aromatic N) is 2. The molecule has 3 N–H and O–H groups in total. The maximum atomic E-state index is 5.69. The normalized spacial score (nSPS) is 21.3. The smallest absolute Gasteiger partial charge is 0.0890 e. The van der Waals surface area contributed by atoms with E-state index in [1.165, 1.54) is 0 Å². The minimum atomic E-state index is 0.110. The van der Waals surface area contributed by atoms with Crippen LogP contribution in [0.25, 0.3) is 11.0 Å². The number of rotatable bonds is 3. The molecule has 0 saturated carbocycles. The highest BCUT2D eigenvalue weighted by Gasteiger charge is 2.26. The molecule has 1 aromatic heterocycles. The van der Waals surface area contributed by atoms with Crippen LogP contribution in [0.1, 0.15) is 18.0 Å². The van der Waals surface area contributed by atoms with Gasteiger partial charge in [0, 0.05) is 24.9 Å².